The van der Waals surface area contributed by atoms with Crippen LogP contribution >= 0.6 is 0 Å². The van der Waals surface area contributed by atoms with Crippen LogP contribution < -0.4 is 0 Å². The van der Waals surface area contributed by atoms with Crippen molar-refractivity contribution in [2.45, 2.75) is 63.5 Å². The van der Waals surface area contributed by atoms with E-state index in [1.807, 2.05) is 4.90 Å². The number of carbonyl (C=O) groups excluding carboxylic acids is 1. The minimum absolute atomic E-state index is 0.153. The lowest BCUT2D eigenvalue weighted by Gasteiger charge is -2.40. The standard InChI is InChI=1S/C20H23FN2O2/c1-13-6-5-7-14(2)23(13)19(24)20(10-11-20)18-12-17(25-22-18)15-8-3-4-9-16(15)21/h3-4,8-9,12-14H,5-7,10-11H2,1-2H3. The first-order valence-electron chi connectivity index (χ1n) is 9.08. The number of hydrogen-bond donors (Lipinski definition) is 0. The summed E-state index contributed by atoms with van der Waals surface area (Å²) in [5, 5.41) is 4.14. The van der Waals surface area contributed by atoms with Crippen LogP contribution in [0.15, 0.2) is 34.9 Å². The van der Waals surface area contributed by atoms with Crippen molar-refractivity contribution in [2.24, 2.45) is 0 Å². The van der Waals surface area contributed by atoms with Crippen LogP contribution in [0.4, 0.5) is 4.39 Å². The predicted molar refractivity (Wildman–Crippen MR) is 92.4 cm³/mol. The molecule has 1 aliphatic heterocycles. The summed E-state index contributed by atoms with van der Waals surface area (Å²) in [6, 6.07) is 8.71. The number of nitrogens with zero attached hydrogens (tertiary/aromatic N) is 2. The SMILES string of the molecule is CC1CCCC(C)N1C(=O)C1(c2cc(-c3ccccc3F)on2)CC1. The Hall–Kier alpha value is -2.17. The van der Waals surface area contributed by atoms with Gasteiger partial charge in [-0.25, -0.2) is 4.39 Å². The molecule has 4 rings (SSSR count). The fourth-order valence-corrected chi connectivity index (χ4v) is 4.06. The van der Waals surface area contributed by atoms with Crippen molar-refractivity contribution in [1.29, 1.82) is 0 Å². The van der Waals surface area contributed by atoms with Gasteiger partial charge in [0.15, 0.2) is 5.76 Å². The van der Waals surface area contributed by atoms with Crippen molar-refractivity contribution in [2.75, 3.05) is 0 Å². The van der Waals surface area contributed by atoms with E-state index < -0.39 is 5.41 Å². The Labute approximate surface area is 147 Å². The summed E-state index contributed by atoms with van der Waals surface area (Å²) in [4.78, 5) is 15.3. The van der Waals surface area contributed by atoms with Crippen LogP contribution in [0.3, 0.4) is 0 Å². The van der Waals surface area contributed by atoms with Crippen molar-refractivity contribution in [3.05, 3.63) is 41.8 Å². The molecule has 1 aromatic heterocycles. The molecule has 5 heteroatoms. The van der Waals surface area contributed by atoms with E-state index >= 15 is 0 Å². The molecule has 1 amide bonds. The smallest absolute Gasteiger partial charge is 0.235 e. The lowest BCUT2D eigenvalue weighted by atomic mass is 9.92. The Kier molecular flexibility index (Phi) is 3.89. The number of rotatable bonds is 3. The zero-order valence-corrected chi connectivity index (χ0v) is 14.7. The minimum atomic E-state index is -0.577. The first kappa shape index (κ1) is 16.3. The van der Waals surface area contributed by atoms with Crippen molar-refractivity contribution < 1.29 is 13.7 Å². The maximum atomic E-state index is 14.0. The number of likely N-dealkylation sites (tertiary alicyclic amines) is 1. The van der Waals surface area contributed by atoms with E-state index in [0.717, 1.165) is 25.7 Å². The Balaban J connectivity index is 1.63. The van der Waals surface area contributed by atoms with Crippen molar-refractivity contribution in [1.82, 2.24) is 10.1 Å². The van der Waals surface area contributed by atoms with E-state index in [-0.39, 0.29) is 23.8 Å². The van der Waals surface area contributed by atoms with Crippen molar-refractivity contribution in [3.63, 3.8) is 0 Å². The molecule has 2 atom stereocenters. The second-order valence-electron chi connectivity index (χ2n) is 7.48. The van der Waals surface area contributed by atoms with Gasteiger partial charge in [-0.2, -0.15) is 0 Å². The summed E-state index contributed by atoms with van der Waals surface area (Å²) in [5.41, 5.74) is 0.442. The number of benzene rings is 1. The summed E-state index contributed by atoms with van der Waals surface area (Å²) in [6.07, 6.45) is 4.83. The third-order valence-electron chi connectivity index (χ3n) is 5.73. The maximum absolute atomic E-state index is 14.0. The summed E-state index contributed by atoms with van der Waals surface area (Å²) in [6.45, 7) is 4.24. The van der Waals surface area contributed by atoms with Crippen LogP contribution in [0.25, 0.3) is 11.3 Å². The predicted octanol–water partition coefficient (Wildman–Crippen LogP) is 4.30. The van der Waals surface area contributed by atoms with Crippen molar-refractivity contribution in [3.8, 4) is 11.3 Å². The van der Waals surface area contributed by atoms with Gasteiger partial charge in [-0.05, 0) is 58.1 Å². The normalized spacial score (nSPS) is 25.0. The number of aromatic nitrogens is 1. The summed E-state index contributed by atoms with van der Waals surface area (Å²) in [5.74, 6) is 0.187. The molecule has 1 aromatic carbocycles. The highest BCUT2D eigenvalue weighted by Gasteiger charge is 2.56. The Morgan fingerprint density at radius 2 is 1.92 bits per heavy atom. The number of amides is 1. The molecule has 4 nitrogen and oxygen atoms in total. The van der Waals surface area contributed by atoms with E-state index in [2.05, 4.69) is 19.0 Å². The molecule has 2 aromatic rings. The topological polar surface area (TPSA) is 46.3 Å². The van der Waals surface area contributed by atoms with Crippen LogP contribution in [0, 0.1) is 5.82 Å². The van der Waals surface area contributed by atoms with Crippen LogP contribution in [0.2, 0.25) is 0 Å². The Morgan fingerprint density at radius 1 is 1.24 bits per heavy atom. The van der Waals surface area contributed by atoms with Gasteiger partial charge in [0, 0.05) is 18.2 Å². The van der Waals surface area contributed by atoms with Gasteiger partial charge in [0.05, 0.1) is 16.7 Å². The van der Waals surface area contributed by atoms with Gasteiger partial charge in [0.25, 0.3) is 0 Å². The molecule has 1 saturated heterocycles. The fraction of sp³-hybridized carbons (Fsp3) is 0.500. The maximum Gasteiger partial charge on any atom is 0.235 e. The first-order chi connectivity index (χ1) is 12.0. The van der Waals surface area contributed by atoms with Crippen LogP contribution in [0.1, 0.15) is 51.6 Å². The molecule has 0 spiro atoms. The molecular formula is C20H23FN2O2. The molecule has 2 fully saturated rings. The van der Waals surface area contributed by atoms with Gasteiger partial charge in [0.2, 0.25) is 5.91 Å². The van der Waals surface area contributed by atoms with Gasteiger partial charge in [-0.15, -0.1) is 0 Å². The molecule has 0 radical (unpaired) electrons. The number of halogens is 1. The highest BCUT2D eigenvalue weighted by molar-refractivity contribution is 5.91. The third kappa shape index (κ3) is 2.66. The van der Waals surface area contributed by atoms with E-state index in [0.29, 0.717) is 17.0 Å². The zero-order valence-electron chi connectivity index (χ0n) is 14.7. The summed E-state index contributed by atoms with van der Waals surface area (Å²) in [7, 11) is 0. The number of piperidine rings is 1. The Morgan fingerprint density at radius 3 is 2.56 bits per heavy atom. The van der Waals surface area contributed by atoms with Crippen LogP contribution in [-0.4, -0.2) is 28.0 Å². The highest BCUT2D eigenvalue weighted by atomic mass is 19.1. The summed E-state index contributed by atoms with van der Waals surface area (Å²) < 4.78 is 19.4. The van der Waals surface area contributed by atoms with Gasteiger partial charge in [-0.1, -0.05) is 17.3 Å². The van der Waals surface area contributed by atoms with Gasteiger partial charge >= 0.3 is 0 Å². The fourth-order valence-electron chi connectivity index (χ4n) is 4.06. The number of carbonyl (C=O) groups is 1. The molecule has 2 unspecified atom stereocenters. The average Bonchev–Trinajstić information content (AvgIpc) is 3.26. The quantitative estimate of drug-likeness (QED) is 0.835. The molecule has 25 heavy (non-hydrogen) atoms. The lowest BCUT2D eigenvalue weighted by Crippen LogP contribution is -2.51. The Bertz CT molecular complexity index is 786. The van der Waals surface area contributed by atoms with Gasteiger partial charge in [-0.3, -0.25) is 4.79 Å². The highest BCUT2D eigenvalue weighted by Crippen LogP contribution is 2.51. The molecule has 0 bridgehead atoms. The molecule has 1 saturated carbocycles. The first-order valence-corrected chi connectivity index (χ1v) is 9.08. The average molecular weight is 342 g/mol. The lowest BCUT2D eigenvalue weighted by molar-refractivity contribution is -0.140. The largest absolute Gasteiger partial charge is 0.356 e. The zero-order chi connectivity index (χ0) is 17.6. The molecule has 0 N–H and O–H groups in total. The molecule has 2 aliphatic rings. The van der Waals surface area contributed by atoms with Crippen LogP contribution in [0.5, 0.6) is 0 Å². The van der Waals surface area contributed by atoms with E-state index in [4.69, 9.17) is 4.52 Å². The van der Waals surface area contributed by atoms with E-state index in [1.165, 1.54) is 12.5 Å². The van der Waals surface area contributed by atoms with Gasteiger partial charge < -0.3 is 9.42 Å². The van der Waals surface area contributed by atoms with Crippen molar-refractivity contribution >= 4 is 5.91 Å². The third-order valence-corrected chi connectivity index (χ3v) is 5.73. The van der Waals surface area contributed by atoms with Gasteiger partial charge in [0.1, 0.15) is 5.82 Å². The second-order valence-corrected chi connectivity index (χ2v) is 7.48. The molecule has 1 aliphatic carbocycles. The van der Waals surface area contributed by atoms with Crippen LogP contribution in [-0.2, 0) is 10.2 Å². The minimum Gasteiger partial charge on any atom is -0.356 e. The second kappa shape index (κ2) is 5.97. The van der Waals surface area contributed by atoms with E-state index in [1.54, 1.807) is 24.3 Å². The molecular weight excluding hydrogens is 319 g/mol. The van der Waals surface area contributed by atoms with E-state index in [9.17, 15) is 9.18 Å². The molecule has 2 heterocycles. The summed E-state index contributed by atoms with van der Waals surface area (Å²) >= 11 is 0. The monoisotopic (exact) mass is 342 g/mol. The molecule has 132 valence electrons. The number of hydrogen-bond acceptors (Lipinski definition) is 3.